The van der Waals surface area contributed by atoms with Gasteiger partial charge in [-0.1, -0.05) is 42.5 Å². The molecular formula is C34H48N10O11. The maximum absolute atomic E-state index is 13.1. The van der Waals surface area contributed by atoms with Gasteiger partial charge in [0.05, 0.1) is 32.3 Å². The summed E-state index contributed by atoms with van der Waals surface area (Å²) in [7, 11) is 0. The first-order valence-corrected chi connectivity index (χ1v) is 17.0. The third-order valence-corrected chi connectivity index (χ3v) is 7.72. The van der Waals surface area contributed by atoms with Crippen LogP contribution in [0, 0.1) is 0 Å². The van der Waals surface area contributed by atoms with Crippen molar-refractivity contribution in [2.75, 3.05) is 32.8 Å². The minimum atomic E-state index is -1.63. The molecule has 5 atom stereocenters. The molecule has 2 aromatic rings. The largest absolute Gasteiger partial charge is 0.508 e. The summed E-state index contributed by atoms with van der Waals surface area (Å²) in [6.07, 6.45) is 0.213. The minimum absolute atomic E-state index is 0.0135. The van der Waals surface area contributed by atoms with E-state index in [9.17, 15) is 54.0 Å². The van der Waals surface area contributed by atoms with Crippen molar-refractivity contribution in [3.8, 4) is 5.75 Å². The molecule has 0 heterocycles. The van der Waals surface area contributed by atoms with Gasteiger partial charge in [0, 0.05) is 13.0 Å². The van der Waals surface area contributed by atoms with Crippen molar-refractivity contribution in [1.29, 1.82) is 0 Å². The number of guanidine groups is 1. The molecule has 0 aliphatic heterocycles. The Morgan fingerprint density at radius 2 is 1.15 bits per heavy atom. The second kappa shape index (κ2) is 23.4. The van der Waals surface area contributed by atoms with Gasteiger partial charge < -0.3 is 69.5 Å². The molecule has 0 aliphatic rings. The van der Waals surface area contributed by atoms with Crippen LogP contribution < -0.4 is 49.1 Å². The predicted molar refractivity (Wildman–Crippen MR) is 195 cm³/mol. The molecule has 21 heteroatoms. The van der Waals surface area contributed by atoms with Crippen LogP contribution in [0.15, 0.2) is 59.6 Å². The molecule has 0 radical (unpaired) electrons. The van der Waals surface area contributed by atoms with Crippen LogP contribution in [-0.4, -0.2) is 131 Å². The number of carbonyl (C=O) groups is 7. The molecule has 0 saturated carbocycles. The Morgan fingerprint density at radius 1 is 0.636 bits per heavy atom. The fourth-order valence-corrected chi connectivity index (χ4v) is 4.81. The molecule has 21 nitrogen and oxygen atoms in total. The zero-order valence-corrected chi connectivity index (χ0v) is 29.8. The molecule has 0 saturated heterocycles. The van der Waals surface area contributed by atoms with Crippen molar-refractivity contribution in [3.63, 3.8) is 0 Å². The highest BCUT2D eigenvalue weighted by Gasteiger charge is 2.29. The number of phenols is 1. The Labute approximate surface area is 315 Å². The lowest BCUT2D eigenvalue weighted by atomic mass is 10.0. The van der Waals surface area contributed by atoms with Gasteiger partial charge in [-0.05, 0) is 42.5 Å². The Morgan fingerprint density at radius 3 is 1.69 bits per heavy atom. The number of aromatic hydroxyl groups is 1. The van der Waals surface area contributed by atoms with Crippen LogP contribution in [-0.2, 0) is 46.4 Å². The van der Waals surface area contributed by atoms with Gasteiger partial charge >= 0.3 is 5.97 Å². The summed E-state index contributed by atoms with van der Waals surface area (Å²) in [5.41, 5.74) is 17.7. The molecule has 2 rings (SSSR count). The predicted octanol–water partition coefficient (Wildman–Crippen LogP) is -5.20. The van der Waals surface area contributed by atoms with Crippen molar-refractivity contribution in [2.45, 2.75) is 55.9 Å². The second-order valence-electron chi connectivity index (χ2n) is 12.1. The van der Waals surface area contributed by atoms with E-state index < -0.39 is 97.9 Å². The number of nitrogens with two attached hydrogens (primary N) is 3. The van der Waals surface area contributed by atoms with E-state index in [0.717, 1.165) is 5.56 Å². The zero-order chi connectivity index (χ0) is 40.9. The highest BCUT2D eigenvalue weighted by Crippen LogP contribution is 2.11. The molecule has 55 heavy (non-hydrogen) atoms. The number of carbonyl (C=O) groups excluding carboxylic acids is 6. The summed E-state index contributed by atoms with van der Waals surface area (Å²) < 4.78 is 0. The molecule has 0 bridgehead atoms. The van der Waals surface area contributed by atoms with Gasteiger partial charge in [0.25, 0.3) is 0 Å². The van der Waals surface area contributed by atoms with E-state index in [1.807, 2.05) is 0 Å². The van der Waals surface area contributed by atoms with Crippen LogP contribution in [0.1, 0.15) is 24.0 Å². The summed E-state index contributed by atoms with van der Waals surface area (Å²) in [5.74, 6) is -7.00. The van der Waals surface area contributed by atoms with Gasteiger partial charge in [-0.15, -0.1) is 0 Å². The molecule has 0 aliphatic carbocycles. The van der Waals surface area contributed by atoms with Gasteiger partial charge in [0.2, 0.25) is 35.4 Å². The molecule has 0 fully saturated rings. The van der Waals surface area contributed by atoms with Gasteiger partial charge in [0.15, 0.2) is 5.96 Å². The van der Waals surface area contributed by atoms with Crippen LogP contribution in [0.4, 0.5) is 0 Å². The molecule has 0 aromatic heterocycles. The van der Waals surface area contributed by atoms with E-state index in [2.05, 4.69) is 36.9 Å². The molecule has 2 aromatic carbocycles. The number of rotatable bonds is 23. The van der Waals surface area contributed by atoms with Gasteiger partial charge in [-0.3, -0.25) is 33.8 Å². The van der Waals surface area contributed by atoms with Crippen molar-refractivity contribution in [3.05, 3.63) is 65.7 Å². The van der Waals surface area contributed by atoms with E-state index >= 15 is 0 Å². The first kappa shape index (κ1) is 44.8. The minimum Gasteiger partial charge on any atom is -0.508 e. The average molecular weight is 773 g/mol. The van der Waals surface area contributed by atoms with Crippen molar-refractivity contribution in [1.82, 2.24) is 31.9 Å². The first-order valence-electron chi connectivity index (χ1n) is 17.0. The van der Waals surface area contributed by atoms with E-state index in [4.69, 9.17) is 17.2 Å². The third kappa shape index (κ3) is 16.9. The number of hydrogen-bond donors (Lipinski definition) is 13. The lowest BCUT2D eigenvalue weighted by Crippen LogP contribution is -2.58. The van der Waals surface area contributed by atoms with E-state index in [-0.39, 0.29) is 43.9 Å². The highest BCUT2D eigenvalue weighted by atomic mass is 16.4. The van der Waals surface area contributed by atoms with Crippen LogP contribution in [0.2, 0.25) is 0 Å². The number of nitrogens with one attached hydrogen (secondary N) is 6. The maximum atomic E-state index is 13.1. The normalized spacial score (nSPS) is 13.4. The summed E-state index contributed by atoms with van der Waals surface area (Å²) in [5, 5.41) is 52.2. The van der Waals surface area contributed by atoms with Crippen LogP contribution in [0.25, 0.3) is 0 Å². The van der Waals surface area contributed by atoms with E-state index in [1.54, 1.807) is 30.3 Å². The van der Waals surface area contributed by atoms with E-state index in [0.29, 0.717) is 5.56 Å². The molecule has 6 amide bonds. The number of phenolic OH excluding ortho intramolecular Hbond substituents is 1. The lowest BCUT2D eigenvalue weighted by Gasteiger charge is -2.22. The second-order valence-corrected chi connectivity index (χ2v) is 12.1. The topological polar surface area (TPSA) is 363 Å². The fourth-order valence-electron chi connectivity index (χ4n) is 4.81. The number of aliphatic hydroxyl groups excluding tert-OH is 2. The standard InChI is InChI=1S/C34H48N10O11/c35-22(13-19-5-2-1-3-6-19)29(50)43-26(18-46)32(53)44-25(17-45)31(52)40-16-28(49)42-24(14-20-8-10-21(47)11-9-20)30(51)39-15-27(48)41-23(33(54)55)7-4-12-38-34(36)37/h1-3,5-6,8-11,22-26,45-47H,4,7,12-18,35H2,(H,39,51)(H,40,52)(H,41,48)(H,42,49)(H,43,50)(H,44,53)(H,54,55)(H4,36,37,38). The van der Waals surface area contributed by atoms with Crippen molar-refractivity contribution in [2.24, 2.45) is 22.2 Å². The number of aliphatic hydroxyl groups is 2. The number of nitrogens with zero attached hydrogens (tertiary/aromatic N) is 1. The summed E-state index contributed by atoms with van der Waals surface area (Å²) in [4.78, 5) is 92.0. The summed E-state index contributed by atoms with van der Waals surface area (Å²) in [6, 6.07) is 7.56. The molecule has 0 spiro atoms. The average Bonchev–Trinajstić information content (AvgIpc) is 3.15. The fraction of sp³-hybridized carbons (Fsp3) is 0.412. The number of aliphatic carboxylic acids is 1. The monoisotopic (exact) mass is 772 g/mol. The number of benzene rings is 2. The SMILES string of the molecule is NC(N)=NCCCC(NC(=O)CNC(=O)C(Cc1ccc(O)cc1)NC(=O)CNC(=O)C(CO)NC(=O)C(CO)NC(=O)C(N)Cc1ccccc1)C(=O)O. The number of hydrogen-bond acceptors (Lipinski definition) is 12. The number of amides is 6. The van der Waals surface area contributed by atoms with Crippen molar-refractivity contribution >= 4 is 47.4 Å². The number of carboxylic acid groups (broad SMARTS) is 1. The maximum Gasteiger partial charge on any atom is 0.326 e. The molecule has 300 valence electrons. The van der Waals surface area contributed by atoms with E-state index in [1.165, 1.54) is 24.3 Å². The third-order valence-electron chi connectivity index (χ3n) is 7.72. The van der Waals surface area contributed by atoms with Gasteiger partial charge in [0.1, 0.15) is 29.9 Å². The summed E-state index contributed by atoms with van der Waals surface area (Å²) in [6.45, 7) is -3.10. The summed E-state index contributed by atoms with van der Waals surface area (Å²) >= 11 is 0. The number of aliphatic imine (C=N–C) groups is 1. The first-order chi connectivity index (χ1) is 26.1. The molecule has 5 unspecified atom stereocenters. The van der Waals surface area contributed by atoms with Crippen LogP contribution >= 0.6 is 0 Å². The quantitative estimate of drug-likeness (QED) is 0.0285. The van der Waals surface area contributed by atoms with Crippen LogP contribution in [0.3, 0.4) is 0 Å². The Bertz CT molecular complexity index is 1640. The smallest absolute Gasteiger partial charge is 0.326 e. The zero-order valence-electron chi connectivity index (χ0n) is 29.8. The molecular weight excluding hydrogens is 724 g/mol. The van der Waals surface area contributed by atoms with Gasteiger partial charge in [-0.2, -0.15) is 0 Å². The molecule has 16 N–H and O–H groups in total. The Hall–Kier alpha value is -6.32. The Balaban J connectivity index is 1.98. The Kier molecular flexibility index (Phi) is 19.1. The lowest BCUT2D eigenvalue weighted by molar-refractivity contribution is -0.142. The van der Waals surface area contributed by atoms with Crippen LogP contribution in [0.5, 0.6) is 5.75 Å². The highest BCUT2D eigenvalue weighted by molar-refractivity contribution is 5.95. The number of carboxylic acids is 1. The van der Waals surface area contributed by atoms with Gasteiger partial charge in [-0.25, -0.2) is 4.79 Å². The van der Waals surface area contributed by atoms with Crippen molar-refractivity contribution < 1.29 is 54.0 Å².